The molecule has 0 aliphatic heterocycles. The van der Waals surface area contributed by atoms with E-state index in [0.29, 0.717) is 16.9 Å². The molecule has 0 fully saturated rings. The van der Waals surface area contributed by atoms with Crippen LogP contribution in [0.2, 0.25) is 5.02 Å². The van der Waals surface area contributed by atoms with Crippen molar-refractivity contribution >= 4 is 29.0 Å². The Kier molecular flexibility index (Phi) is 7.80. The fraction of sp³-hybridized carbons (Fsp3) is 0.0714. The molecule has 0 heterocycles. The van der Waals surface area contributed by atoms with E-state index in [1.807, 2.05) is 0 Å². The topological polar surface area (TPSA) is 105 Å². The number of rotatable bonds is 9. The van der Waals surface area contributed by atoms with Crippen LogP contribution in [0.25, 0.3) is 0 Å². The first-order valence-electron chi connectivity index (χ1n) is 11.0. The summed E-state index contributed by atoms with van der Waals surface area (Å²) in [7, 11) is 1.53. The van der Waals surface area contributed by atoms with Crippen molar-refractivity contribution in [2.45, 2.75) is 6.10 Å². The molecule has 0 saturated heterocycles. The quantitative estimate of drug-likeness (QED) is 0.104. The summed E-state index contributed by atoms with van der Waals surface area (Å²) < 4.78 is 16.4. The zero-order chi connectivity index (χ0) is 26.4. The number of hydrogen-bond acceptors (Lipinski definition) is 7. The van der Waals surface area contributed by atoms with E-state index in [9.17, 15) is 19.7 Å². The van der Waals surface area contributed by atoms with Gasteiger partial charge in [-0.25, -0.2) is 4.79 Å². The van der Waals surface area contributed by atoms with Crippen LogP contribution in [0.1, 0.15) is 32.4 Å². The van der Waals surface area contributed by atoms with Crippen molar-refractivity contribution in [1.82, 2.24) is 0 Å². The number of benzene rings is 4. The first-order chi connectivity index (χ1) is 17.9. The van der Waals surface area contributed by atoms with Gasteiger partial charge in [0.25, 0.3) is 0 Å². The largest absolute Gasteiger partial charge is 0.497 e. The van der Waals surface area contributed by atoms with Crippen molar-refractivity contribution in [3.8, 4) is 17.2 Å². The van der Waals surface area contributed by atoms with E-state index in [1.54, 1.807) is 54.6 Å². The average Bonchev–Trinajstić information content (AvgIpc) is 2.93. The zero-order valence-corrected chi connectivity index (χ0v) is 20.3. The van der Waals surface area contributed by atoms with Gasteiger partial charge in [0, 0.05) is 17.2 Å². The molecule has 4 aromatic carbocycles. The van der Waals surface area contributed by atoms with Gasteiger partial charge in [0.05, 0.1) is 22.6 Å². The number of methoxy groups -OCH3 is 1. The average molecular weight is 518 g/mol. The molecule has 0 radical (unpaired) electrons. The summed E-state index contributed by atoms with van der Waals surface area (Å²) in [5.74, 6) is -0.422. The van der Waals surface area contributed by atoms with Gasteiger partial charge < -0.3 is 14.2 Å². The lowest BCUT2D eigenvalue weighted by Crippen LogP contribution is -2.20. The highest BCUT2D eigenvalue weighted by atomic mass is 35.5. The van der Waals surface area contributed by atoms with Crippen LogP contribution in [0, 0.1) is 10.1 Å². The SMILES string of the molecule is COc1ccc(C(=O)C(OC(=O)c2ccc(Oc3c(Cl)cccc3[N+](=O)[O-])cc2)c2ccccc2)cc1. The van der Waals surface area contributed by atoms with Crippen molar-refractivity contribution in [2.24, 2.45) is 0 Å². The molecule has 8 nitrogen and oxygen atoms in total. The molecule has 4 rings (SSSR count). The normalized spacial score (nSPS) is 11.3. The van der Waals surface area contributed by atoms with Crippen LogP contribution in [0.3, 0.4) is 0 Å². The summed E-state index contributed by atoms with van der Waals surface area (Å²) in [6, 6.07) is 25.2. The molecule has 0 N–H and O–H groups in total. The van der Waals surface area contributed by atoms with E-state index < -0.39 is 22.8 Å². The van der Waals surface area contributed by atoms with Crippen LogP contribution in [-0.2, 0) is 4.74 Å². The minimum absolute atomic E-state index is 0.0698. The maximum absolute atomic E-state index is 13.3. The molecular formula is C28H20ClNO7. The fourth-order valence-electron chi connectivity index (χ4n) is 3.50. The number of hydrogen-bond donors (Lipinski definition) is 0. The van der Waals surface area contributed by atoms with E-state index in [1.165, 1.54) is 49.6 Å². The number of esters is 1. The van der Waals surface area contributed by atoms with Crippen molar-refractivity contribution < 1.29 is 28.7 Å². The number of halogens is 1. The highest BCUT2D eigenvalue weighted by Crippen LogP contribution is 2.37. The molecule has 0 amide bonds. The van der Waals surface area contributed by atoms with Crippen LogP contribution in [0.4, 0.5) is 5.69 Å². The number of nitrogens with zero attached hydrogens (tertiary/aromatic N) is 1. The number of carbonyl (C=O) groups excluding carboxylic acids is 2. The Morgan fingerprint density at radius 3 is 2.05 bits per heavy atom. The summed E-state index contributed by atoms with van der Waals surface area (Å²) in [6.45, 7) is 0. The van der Waals surface area contributed by atoms with Gasteiger partial charge in [0.2, 0.25) is 11.5 Å². The van der Waals surface area contributed by atoms with Crippen molar-refractivity contribution in [3.05, 3.63) is 129 Å². The number of ether oxygens (including phenoxy) is 3. The molecule has 1 atom stereocenters. The summed E-state index contributed by atoms with van der Waals surface area (Å²) in [5.41, 5.74) is 0.735. The van der Waals surface area contributed by atoms with Crippen LogP contribution >= 0.6 is 11.6 Å². The molecule has 0 aliphatic carbocycles. The second-order valence-electron chi connectivity index (χ2n) is 7.76. The number of ketones is 1. The van der Waals surface area contributed by atoms with Crippen molar-refractivity contribution in [2.75, 3.05) is 7.11 Å². The molecule has 37 heavy (non-hydrogen) atoms. The molecule has 0 aromatic heterocycles. The van der Waals surface area contributed by atoms with Crippen LogP contribution < -0.4 is 9.47 Å². The molecule has 9 heteroatoms. The van der Waals surface area contributed by atoms with Gasteiger partial charge >= 0.3 is 11.7 Å². The third-order valence-electron chi connectivity index (χ3n) is 5.39. The third kappa shape index (κ3) is 5.94. The highest BCUT2D eigenvalue weighted by molar-refractivity contribution is 6.32. The molecular weight excluding hydrogens is 498 g/mol. The maximum Gasteiger partial charge on any atom is 0.339 e. The van der Waals surface area contributed by atoms with E-state index in [4.69, 9.17) is 25.8 Å². The van der Waals surface area contributed by atoms with Gasteiger partial charge in [0.15, 0.2) is 6.10 Å². The zero-order valence-electron chi connectivity index (χ0n) is 19.5. The predicted molar refractivity (Wildman–Crippen MR) is 137 cm³/mol. The number of para-hydroxylation sites is 1. The second kappa shape index (κ2) is 11.4. The number of carbonyl (C=O) groups is 2. The number of nitro benzene ring substituents is 1. The molecule has 0 aliphatic rings. The van der Waals surface area contributed by atoms with Crippen LogP contribution in [-0.4, -0.2) is 23.8 Å². The van der Waals surface area contributed by atoms with E-state index >= 15 is 0 Å². The summed E-state index contributed by atoms with van der Waals surface area (Å²) in [6.07, 6.45) is -1.18. The Hall–Kier alpha value is -4.69. The standard InChI is InChI=1S/C28H20ClNO7/c1-35-21-14-10-18(11-15-21)25(31)26(19-6-3-2-4-7-19)37-28(32)20-12-16-22(17-13-20)36-27-23(29)8-5-9-24(27)30(33)34/h2-17,26H,1H3. The predicted octanol–water partition coefficient (Wildman–Crippen LogP) is 6.83. The molecule has 0 spiro atoms. The Morgan fingerprint density at radius 2 is 1.43 bits per heavy atom. The molecule has 1 unspecified atom stereocenters. The fourth-order valence-corrected chi connectivity index (χ4v) is 3.71. The Bertz CT molecular complexity index is 1420. The molecule has 0 bridgehead atoms. The molecule has 4 aromatic rings. The minimum atomic E-state index is -1.18. The monoisotopic (exact) mass is 517 g/mol. The van der Waals surface area contributed by atoms with E-state index in [2.05, 4.69) is 0 Å². The van der Waals surface area contributed by atoms with Crippen LogP contribution in [0.15, 0.2) is 97.1 Å². The first kappa shape index (κ1) is 25.4. The lowest BCUT2D eigenvalue weighted by Gasteiger charge is -2.18. The van der Waals surface area contributed by atoms with Gasteiger partial charge in [-0.2, -0.15) is 0 Å². The van der Waals surface area contributed by atoms with Gasteiger partial charge in [-0.1, -0.05) is 48.0 Å². The Balaban J connectivity index is 1.55. The second-order valence-corrected chi connectivity index (χ2v) is 8.17. The van der Waals surface area contributed by atoms with Crippen molar-refractivity contribution in [1.29, 1.82) is 0 Å². The number of nitro groups is 1. The summed E-state index contributed by atoms with van der Waals surface area (Å²) >= 11 is 6.08. The molecule has 186 valence electrons. The lowest BCUT2D eigenvalue weighted by molar-refractivity contribution is -0.385. The highest BCUT2D eigenvalue weighted by Gasteiger charge is 2.27. The summed E-state index contributed by atoms with van der Waals surface area (Å²) in [5, 5.41) is 11.4. The molecule has 0 saturated carbocycles. The Labute approximate surface area is 217 Å². The van der Waals surface area contributed by atoms with Gasteiger partial charge in [-0.15, -0.1) is 0 Å². The van der Waals surface area contributed by atoms with Gasteiger partial charge in [-0.05, 0) is 54.6 Å². The van der Waals surface area contributed by atoms with Crippen LogP contribution in [0.5, 0.6) is 17.2 Å². The Morgan fingerprint density at radius 1 is 0.811 bits per heavy atom. The first-order valence-corrected chi connectivity index (χ1v) is 11.4. The van der Waals surface area contributed by atoms with E-state index in [-0.39, 0.29) is 27.8 Å². The van der Waals surface area contributed by atoms with Gasteiger partial charge in [0.1, 0.15) is 11.5 Å². The lowest BCUT2D eigenvalue weighted by atomic mass is 9.99. The summed E-state index contributed by atoms with van der Waals surface area (Å²) in [4.78, 5) is 37.0. The minimum Gasteiger partial charge on any atom is -0.497 e. The maximum atomic E-state index is 13.3. The van der Waals surface area contributed by atoms with Crippen molar-refractivity contribution in [3.63, 3.8) is 0 Å². The smallest absolute Gasteiger partial charge is 0.339 e. The number of Topliss-reactive ketones (excluding diaryl/α,β-unsaturated/α-hetero) is 1. The third-order valence-corrected chi connectivity index (χ3v) is 5.69. The van der Waals surface area contributed by atoms with E-state index in [0.717, 1.165) is 0 Å². The van der Waals surface area contributed by atoms with Gasteiger partial charge in [-0.3, -0.25) is 14.9 Å².